The van der Waals surface area contributed by atoms with Gasteiger partial charge in [0.05, 0.1) is 11.5 Å². The van der Waals surface area contributed by atoms with E-state index in [1.807, 2.05) is 0 Å². The highest BCUT2D eigenvalue weighted by molar-refractivity contribution is 7.89. The molecule has 1 aromatic carbocycles. The zero-order valence-electron chi connectivity index (χ0n) is 11.0. The van der Waals surface area contributed by atoms with Crippen molar-refractivity contribution in [2.45, 2.75) is 31.4 Å². The Kier molecular flexibility index (Phi) is 5.22. The van der Waals surface area contributed by atoms with Gasteiger partial charge in [0.2, 0.25) is 10.0 Å². The zero-order chi connectivity index (χ0) is 14.6. The van der Waals surface area contributed by atoms with E-state index in [-0.39, 0.29) is 23.0 Å². The Balaban J connectivity index is 3.29. The average Bonchev–Trinajstić information content (AvgIpc) is 2.35. The van der Waals surface area contributed by atoms with E-state index in [1.54, 1.807) is 13.8 Å². The van der Waals surface area contributed by atoms with Crippen LogP contribution in [0.4, 0.5) is 4.39 Å². The maximum Gasteiger partial charge on any atom is 0.243 e. The topological polar surface area (TPSA) is 57.6 Å². The van der Waals surface area contributed by atoms with Crippen LogP contribution in [0.1, 0.15) is 19.4 Å². The fraction of sp³-hybridized carbons (Fsp3) is 0.385. The minimum absolute atomic E-state index is 0.0338. The van der Waals surface area contributed by atoms with E-state index in [0.717, 1.165) is 12.1 Å². The third kappa shape index (κ3) is 3.40. The summed E-state index contributed by atoms with van der Waals surface area (Å²) in [5.41, 5.74) is -0.0385. The van der Waals surface area contributed by atoms with E-state index in [1.165, 1.54) is 16.4 Å². The van der Waals surface area contributed by atoms with Crippen molar-refractivity contribution in [3.8, 4) is 0 Å². The fourth-order valence-electron chi connectivity index (χ4n) is 1.68. The largest absolute Gasteiger partial charge is 0.392 e. The van der Waals surface area contributed by atoms with E-state index in [0.29, 0.717) is 0 Å². The van der Waals surface area contributed by atoms with Crippen LogP contribution in [0.3, 0.4) is 0 Å². The molecule has 106 valence electrons. The van der Waals surface area contributed by atoms with Crippen LogP contribution in [0.25, 0.3) is 0 Å². The highest BCUT2D eigenvalue weighted by Gasteiger charge is 2.26. The summed E-state index contributed by atoms with van der Waals surface area (Å²) in [6.07, 6.45) is 1.49. The molecule has 0 heterocycles. The standard InChI is InChI=1S/C13H18FNO3S/c1-4-7-15(10(2)3)19(17,18)12-5-6-13(14)11(8-12)9-16/h4-6,8,10,16H,1,7,9H2,2-3H3. The molecule has 0 aromatic heterocycles. The van der Waals surface area contributed by atoms with E-state index >= 15 is 0 Å². The summed E-state index contributed by atoms with van der Waals surface area (Å²) in [7, 11) is -3.73. The van der Waals surface area contributed by atoms with E-state index in [9.17, 15) is 12.8 Å². The van der Waals surface area contributed by atoms with Gasteiger partial charge in [-0.15, -0.1) is 6.58 Å². The summed E-state index contributed by atoms with van der Waals surface area (Å²) >= 11 is 0. The van der Waals surface area contributed by atoms with Crippen molar-refractivity contribution in [3.63, 3.8) is 0 Å². The Bertz CT molecular complexity index is 555. The number of hydrogen-bond acceptors (Lipinski definition) is 3. The van der Waals surface area contributed by atoms with Gasteiger partial charge in [0, 0.05) is 18.2 Å². The summed E-state index contributed by atoms with van der Waals surface area (Å²) in [5, 5.41) is 9.00. The second kappa shape index (κ2) is 6.27. The van der Waals surface area contributed by atoms with Crippen molar-refractivity contribution >= 4 is 10.0 Å². The summed E-state index contributed by atoms with van der Waals surface area (Å²) in [6, 6.07) is 3.15. The molecule has 0 aliphatic heterocycles. The SMILES string of the molecule is C=CCN(C(C)C)S(=O)(=O)c1ccc(F)c(CO)c1. The Morgan fingerprint density at radius 2 is 2.11 bits per heavy atom. The van der Waals surface area contributed by atoms with Crippen LogP contribution in [-0.4, -0.2) is 30.4 Å². The summed E-state index contributed by atoms with van der Waals surface area (Å²) in [5.74, 6) is -0.624. The first-order chi connectivity index (χ1) is 8.84. The molecule has 0 unspecified atom stereocenters. The first-order valence-electron chi connectivity index (χ1n) is 5.86. The van der Waals surface area contributed by atoms with Gasteiger partial charge < -0.3 is 5.11 Å². The first kappa shape index (κ1) is 15.8. The number of hydrogen-bond donors (Lipinski definition) is 1. The third-order valence-electron chi connectivity index (χ3n) is 2.68. The average molecular weight is 287 g/mol. The van der Waals surface area contributed by atoms with Gasteiger partial charge in [-0.1, -0.05) is 6.08 Å². The third-order valence-corrected chi connectivity index (χ3v) is 4.72. The fourth-order valence-corrected chi connectivity index (χ4v) is 3.34. The molecule has 4 nitrogen and oxygen atoms in total. The minimum Gasteiger partial charge on any atom is -0.392 e. The quantitative estimate of drug-likeness (QED) is 0.813. The van der Waals surface area contributed by atoms with Crippen LogP contribution in [0, 0.1) is 5.82 Å². The summed E-state index contributed by atoms with van der Waals surface area (Å²) < 4.78 is 39.4. The molecule has 1 N–H and O–H groups in total. The molecule has 0 fully saturated rings. The highest BCUT2D eigenvalue weighted by atomic mass is 32.2. The first-order valence-corrected chi connectivity index (χ1v) is 7.30. The number of aliphatic hydroxyl groups excluding tert-OH is 1. The van der Waals surface area contributed by atoms with E-state index < -0.39 is 22.4 Å². The summed E-state index contributed by atoms with van der Waals surface area (Å²) in [4.78, 5) is -0.0338. The molecule has 0 radical (unpaired) electrons. The lowest BCUT2D eigenvalue weighted by atomic mass is 10.2. The lowest BCUT2D eigenvalue weighted by molar-refractivity contribution is 0.275. The van der Waals surface area contributed by atoms with Gasteiger partial charge in [0.25, 0.3) is 0 Å². The van der Waals surface area contributed by atoms with E-state index in [2.05, 4.69) is 6.58 Å². The maximum atomic E-state index is 13.3. The van der Waals surface area contributed by atoms with Crippen LogP contribution < -0.4 is 0 Å². The molecule has 0 aliphatic carbocycles. The van der Waals surface area contributed by atoms with Gasteiger partial charge >= 0.3 is 0 Å². The van der Waals surface area contributed by atoms with Crippen molar-refractivity contribution in [1.82, 2.24) is 4.31 Å². The van der Waals surface area contributed by atoms with Gasteiger partial charge in [-0.05, 0) is 32.0 Å². The predicted octanol–water partition coefficient (Wildman–Crippen LogP) is 1.90. The van der Waals surface area contributed by atoms with Crippen LogP contribution in [0.15, 0.2) is 35.7 Å². The van der Waals surface area contributed by atoms with Gasteiger partial charge in [-0.25, -0.2) is 12.8 Å². The van der Waals surface area contributed by atoms with E-state index in [4.69, 9.17) is 5.11 Å². The molecule has 0 amide bonds. The number of halogens is 1. The molecule has 0 aliphatic rings. The van der Waals surface area contributed by atoms with Crippen LogP contribution in [0.5, 0.6) is 0 Å². The smallest absolute Gasteiger partial charge is 0.243 e. The lowest BCUT2D eigenvalue weighted by Crippen LogP contribution is -2.37. The molecule has 0 saturated heterocycles. The molecule has 0 spiro atoms. The highest BCUT2D eigenvalue weighted by Crippen LogP contribution is 2.21. The zero-order valence-corrected chi connectivity index (χ0v) is 11.8. The molecule has 0 saturated carbocycles. The Morgan fingerprint density at radius 1 is 1.47 bits per heavy atom. The van der Waals surface area contributed by atoms with Crippen LogP contribution in [0.2, 0.25) is 0 Å². The monoisotopic (exact) mass is 287 g/mol. The lowest BCUT2D eigenvalue weighted by Gasteiger charge is -2.24. The van der Waals surface area contributed by atoms with Crippen LogP contribution >= 0.6 is 0 Å². The van der Waals surface area contributed by atoms with Crippen molar-refractivity contribution < 1.29 is 17.9 Å². The Hall–Kier alpha value is -1.24. The molecule has 6 heteroatoms. The minimum atomic E-state index is -3.73. The summed E-state index contributed by atoms with van der Waals surface area (Å²) in [6.45, 7) is 6.66. The van der Waals surface area contributed by atoms with Gasteiger partial charge in [0.1, 0.15) is 5.82 Å². The maximum absolute atomic E-state index is 13.3. The van der Waals surface area contributed by atoms with Crippen molar-refractivity contribution in [1.29, 1.82) is 0 Å². The Labute approximate surface area is 113 Å². The van der Waals surface area contributed by atoms with Gasteiger partial charge in [-0.3, -0.25) is 0 Å². The molecule has 0 atom stereocenters. The molecule has 1 aromatic rings. The number of aliphatic hydroxyl groups is 1. The van der Waals surface area contributed by atoms with Crippen molar-refractivity contribution in [2.75, 3.05) is 6.54 Å². The van der Waals surface area contributed by atoms with Gasteiger partial charge in [-0.2, -0.15) is 4.31 Å². The molecule has 0 bridgehead atoms. The molecule has 1 rings (SSSR count). The molecule has 19 heavy (non-hydrogen) atoms. The number of benzene rings is 1. The molecular formula is C13H18FNO3S. The van der Waals surface area contributed by atoms with Crippen molar-refractivity contribution in [2.24, 2.45) is 0 Å². The number of sulfonamides is 1. The van der Waals surface area contributed by atoms with Gasteiger partial charge in [0.15, 0.2) is 0 Å². The van der Waals surface area contributed by atoms with Crippen LogP contribution in [-0.2, 0) is 16.6 Å². The Morgan fingerprint density at radius 3 is 2.58 bits per heavy atom. The number of nitrogens with zero attached hydrogens (tertiary/aromatic N) is 1. The molecular weight excluding hydrogens is 269 g/mol. The second-order valence-corrected chi connectivity index (χ2v) is 6.26. The predicted molar refractivity (Wildman–Crippen MR) is 71.5 cm³/mol. The normalized spacial score (nSPS) is 12.1. The second-order valence-electron chi connectivity index (χ2n) is 4.37. The number of rotatable bonds is 6. The van der Waals surface area contributed by atoms with Crippen molar-refractivity contribution in [3.05, 3.63) is 42.2 Å².